The SMILES string of the molecule is CCC(C)(CC)NC(=O)C1CCCN1C. The second-order valence-corrected chi connectivity index (χ2v) is 4.90. The minimum absolute atomic E-state index is 0.0273. The average molecular weight is 212 g/mol. The molecule has 1 amide bonds. The monoisotopic (exact) mass is 212 g/mol. The molecule has 1 heterocycles. The Hall–Kier alpha value is -0.570. The molecule has 1 rings (SSSR count). The van der Waals surface area contributed by atoms with Gasteiger partial charge >= 0.3 is 0 Å². The van der Waals surface area contributed by atoms with Crippen LogP contribution in [-0.4, -0.2) is 36.0 Å². The Labute approximate surface area is 93.2 Å². The van der Waals surface area contributed by atoms with Crippen LogP contribution in [0.1, 0.15) is 46.5 Å². The van der Waals surface area contributed by atoms with E-state index in [2.05, 4.69) is 31.0 Å². The standard InChI is InChI=1S/C12H24N2O/c1-5-12(3,6-2)13-11(15)10-8-7-9-14(10)4/h10H,5-9H2,1-4H3,(H,13,15). The van der Waals surface area contributed by atoms with E-state index in [4.69, 9.17) is 0 Å². The molecular weight excluding hydrogens is 188 g/mol. The number of likely N-dealkylation sites (N-methyl/N-ethyl adjacent to an activating group) is 1. The zero-order chi connectivity index (χ0) is 11.5. The molecule has 0 aromatic rings. The first-order valence-corrected chi connectivity index (χ1v) is 6.04. The van der Waals surface area contributed by atoms with E-state index in [1.54, 1.807) is 0 Å². The quantitative estimate of drug-likeness (QED) is 0.770. The van der Waals surface area contributed by atoms with Crippen molar-refractivity contribution in [1.82, 2.24) is 10.2 Å². The summed E-state index contributed by atoms with van der Waals surface area (Å²) in [6.07, 6.45) is 4.13. The van der Waals surface area contributed by atoms with Gasteiger partial charge in [0.15, 0.2) is 0 Å². The van der Waals surface area contributed by atoms with E-state index in [0.717, 1.165) is 32.2 Å². The summed E-state index contributed by atoms with van der Waals surface area (Å²) in [5.74, 6) is 0.209. The number of hydrogen-bond acceptors (Lipinski definition) is 2. The largest absolute Gasteiger partial charge is 0.350 e. The lowest BCUT2D eigenvalue weighted by Gasteiger charge is -2.31. The van der Waals surface area contributed by atoms with Crippen molar-refractivity contribution in [3.63, 3.8) is 0 Å². The fourth-order valence-corrected chi connectivity index (χ4v) is 2.05. The molecule has 0 aromatic carbocycles. The topological polar surface area (TPSA) is 32.3 Å². The normalized spacial score (nSPS) is 23.1. The number of hydrogen-bond donors (Lipinski definition) is 1. The third kappa shape index (κ3) is 2.94. The van der Waals surface area contributed by atoms with E-state index < -0.39 is 0 Å². The molecule has 0 aromatic heterocycles. The Morgan fingerprint density at radius 1 is 1.47 bits per heavy atom. The van der Waals surface area contributed by atoms with Crippen molar-refractivity contribution in [2.45, 2.75) is 58.0 Å². The Kier molecular flexibility index (Phi) is 4.14. The lowest BCUT2D eigenvalue weighted by atomic mass is 9.95. The summed E-state index contributed by atoms with van der Waals surface area (Å²) in [5.41, 5.74) is -0.0273. The first-order chi connectivity index (χ1) is 7.02. The molecule has 3 nitrogen and oxygen atoms in total. The van der Waals surface area contributed by atoms with Crippen LogP contribution in [0, 0.1) is 0 Å². The molecule has 15 heavy (non-hydrogen) atoms. The minimum atomic E-state index is -0.0273. The maximum atomic E-state index is 12.0. The van der Waals surface area contributed by atoms with Gasteiger partial charge in [0.2, 0.25) is 5.91 Å². The third-order valence-corrected chi connectivity index (χ3v) is 3.81. The summed E-state index contributed by atoms with van der Waals surface area (Å²) in [4.78, 5) is 14.2. The number of carbonyl (C=O) groups excluding carboxylic acids is 1. The van der Waals surface area contributed by atoms with Crippen LogP contribution in [0.4, 0.5) is 0 Å². The van der Waals surface area contributed by atoms with E-state index >= 15 is 0 Å². The van der Waals surface area contributed by atoms with Gasteiger partial charge in [0.05, 0.1) is 6.04 Å². The van der Waals surface area contributed by atoms with Crippen LogP contribution in [0.3, 0.4) is 0 Å². The first-order valence-electron chi connectivity index (χ1n) is 6.04. The Morgan fingerprint density at radius 3 is 2.47 bits per heavy atom. The van der Waals surface area contributed by atoms with Crippen LogP contribution in [-0.2, 0) is 4.79 Å². The van der Waals surface area contributed by atoms with E-state index in [0.29, 0.717) is 0 Å². The van der Waals surface area contributed by atoms with Gasteiger partial charge in [0.1, 0.15) is 0 Å². The number of rotatable bonds is 4. The summed E-state index contributed by atoms with van der Waals surface area (Å²) in [6, 6.07) is 0.0995. The highest BCUT2D eigenvalue weighted by Crippen LogP contribution is 2.18. The van der Waals surface area contributed by atoms with Crippen molar-refractivity contribution in [2.24, 2.45) is 0 Å². The van der Waals surface area contributed by atoms with Crippen molar-refractivity contribution < 1.29 is 4.79 Å². The van der Waals surface area contributed by atoms with Crippen molar-refractivity contribution >= 4 is 5.91 Å². The number of nitrogens with zero attached hydrogens (tertiary/aromatic N) is 1. The zero-order valence-corrected chi connectivity index (χ0v) is 10.5. The summed E-state index contributed by atoms with van der Waals surface area (Å²) >= 11 is 0. The second kappa shape index (κ2) is 4.97. The number of amides is 1. The summed E-state index contributed by atoms with van der Waals surface area (Å²) < 4.78 is 0. The van der Waals surface area contributed by atoms with Crippen molar-refractivity contribution in [3.05, 3.63) is 0 Å². The maximum Gasteiger partial charge on any atom is 0.237 e. The van der Waals surface area contributed by atoms with Gasteiger partial charge in [-0.15, -0.1) is 0 Å². The molecule has 1 aliphatic heterocycles. The third-order valence-electron chi connectivity index (χ3n) is 3.81. The first kappa shape index (κ1) is 12.5. The summed E-state index contributed by atoms with van der Waals surface area (Å²) in [6.45, 7) is 7.43. The Morgan fingerprint density at radius 2 is 2.07 bits per heavy atom. The predicted molar refractivity (Wildman–Crippen MR) is 62.8 cm³/mol. The smallest absolute Gasteiger partial charge is 0.237 e. The van der Waals surface area contributed by atoms with E-state index in [1.165, 1.54) is 0 Å². The van der Waals surface area contributed by atoms with Crippen LogP contribution < -0.4 is 5.32 Å². The summed E-state index contributed by atoms with van der Waals surface area (Å²) in [5, 5.41) is 3.18. The molecule has 0 radical (unpaired) electrons. The van der Waals surface area contributed by atoms with Gasteiger partial charge < -0.3 is 5.32 Å². The lowest BCUT2D eigenvalue weighted by molar-refractivity contribution is -0.127. The molecule has 1 atom stereocenters. The van der Waals surface area contributed by atoms with Gasteiger partial charge in [-0.2, -0.15) is 0 Å². The molecule has 3 heteroatoms. The van der Waals surface area contributed by atoms with Crippen molar-refractivity contribution in [2.75, 3.05) is 13.6 Å². The second-order valence-electron chi connectivity index (χ2n) is 4.90. The molecule has 0 bridgehead atoms. The molecule has 1 fully saturated rings. The van der Waals surface area contributed by atoms with Gasteiger partial charge in [0.25, 0.3) is 0 Å². The van der Waals surface area contributed by atoms with Crippen LogP contribution in [0.5, 0.6) is 0 Å². The van der Waals surface area contributed by atoms with Crippen molar-refractivity contribution in [1.29, 1.82) is 0 Å². The maximum absolute atomic E-state index is 12.0. The molecule has 1 saturated heterocycles. The fraction of sp³-hybridized carbons (Fsp3) is 0.917. The van der Waals surface area contributed by atoms with E-state index in [-0.39, 0.29) is 17.5 Å². The highest BCUT2D eigenvalue weighted by atomic mass is 16.2. The highest BCUT2D eigenvalue weighted by Gasteiger charge is 2.31. The minimum Gasteiger partial charge on any atom is -0.350 e. The predicted octanol–water partition coefficient (Wildman–Crippen LogP) is 1.78. The zero-order valence-electron chi connectivity index (χ0n) is 10.5. The highest BCUT2D eigenvalue weighted by molar-refractivity contribution is 5.82. The lowest BCUT2D eigenvalue weighted by Crippen LogP contribution is -2.51. The van der Waals surface area contributed by atoms with Gasteiger partial charge in [-0.1, -0.05) is 13.8 Å². The van der Waals surface area contributed by atoms with Crippen LogP contribution in [0.2, 0.25) is 0 Å². The van der Waals surface area contributed by atoms with Gasteiger partial charge in [-0.3, -0.25) is 9.69 Å². The Balaban J connectivity index is 2.54. The molecule has 88 valence electrons. The molecule has 0 saturated carbocycles. The van der Waals surface area contributed by atoms with Crippen LogP contribution >= 0.6 is 0 Å². The number of nitrogens with one attached hydrogen (secondary N) is 1. The van der Waals surface area contributed by atoms with E-state index in [9.17, 15) is 4.79 Å². The Bertz CT molecular complexity index is 224. The van der Waals surface area contributed by atoms with Gasteiger partial charge in [0, 0.05) is 5.54 Å². The molecule has 0 aliphatic carbocycles. The van der Waals surface area contributed by atoms with Crippen LogP contribution in [0.15, 0.2) is 0 Å². The fourth-order valence-electron chi connectivity index (χ4n) is 2.05. The van der Waals surface area contributed by atoms with Crippen LogP contribution in [0.25, 0.3) is 0 Å². The molecule has 0 spiro atoms. The molecule has 1 N–H and O–H groups in total. The molecule has 1 aliphatic rings. The van der Waals surface area contributed by atoms with Gasteiger partial charge in [-0.25, -0.2) is 0 Å². The molecule has 1 unspecified atom stereocenters. The number of likely N-dealkylation sites (tertiary alicyclic amines) is 1. The van der Waals surface area contributed by atoms with E-state index in [1.807, 2.05) is 7.05 Å². The number of carbonyl (C=O) groups is 1. The van der Waals surface area contributed by atoms with Gasteiger partial charge in [-0.05, 0) is 46.2 Å². The average Bonchev–Trinajstić information content (AvgIpc) is 2.64. The summed E-state index contributed by atoms with van der Waals surface area (Å²) in [7, 11) is 2.03. The van der Waals surface area contributed by atoms with Crippen molar-refractivity contribution in [3.8, 4) is 0 Å². The molecular formula is C12H24N2O.